The quantitative estimate of drug-likeness (QED) is 0.878. The number of rotatable bonds is 5. The van der Waals surface area contributed by atoms with Crippen LogP contribution >= 0.6 is 0 Å². The summed E-state index contributed by atoms with van der Waals surface area (Å²) in [5.74, 6) is 0.924. The van der Waals surface area contributed by atoms with Gasteiger partial charge in [-0.3, -0.25) is 9.78 Å². The van der Waals surface area contributed by atoms with E-state index in [2.05, 4.69) is 10.3 Å². The number of carbonyl (C=O) groups is 1. The minimum Gasteiger partial charge on any atom is -0.348 e. The number of nitrogens with zero attached hydrogens (tertiary/aromatic N) is 1. The van der Waals surface area contributed by atoms with Gasteiger partial charge in [-0.05, 0) is 31.4 Å². The topological polar surface area (TPSA) is 42.0 Å². The van der Waals surface area contributed by atoms with Crippen molar-refractivity contribution in [2.75, 3.05) is 0 Å². The Morgan fingerprint density at radius 2 is 2.16 bits per heavy atom. The van der Waals surface area contributed by atoms with E-state index in [4.69, 9.17) is 0 Å². The fraction of sp³-hybridized carbons (Fsp3) is 0.625. The van der Waals surface area contributed by atoms with Crippen LogP contribution in [0.4, 0.5) is 0 Å². The summed E-state index contributed by atoms with van der Waals surface area (Å²) in [6.45, 7) is 1.99. The van der Waals surface area contributed by atoms with Gasteiger partial charge in [-0.15, -0.1) is 0 Å². The van der Waals surface area contributed by atoms with Gasteiger partial charge in [0.05, 0.1) is 11.7 Å². The fourth-order valence-corrected chi connectivity index (χ4v) is 2.83. The molecule has 0 bridgehead atoms. The lowest BCUT2D eigenvalue weighted by atomic mass is 9.86. The molecule has 1 aliphatic rings. The van der Waals surface area contributed by atoms with Crippen LogP contribution in [-0.2, 0) is 4.79 Å². The van der Waals surface area contributed by atoms with E-state index in [9.17, 15) is 4.79 Å². The molecular formula is C16H24N2O. The van der Waals surface area contributed by atoms with Crippen LogP contribution < -0.4 is 5.32 Å². The monoisotopic (exact) mass is 260 g/mol. The molecule has 0 unspecified atom stereocenters. The normalized spacial score (nSPS) is 17.9. The maximum Gasteiger partial charge on any atom is 0.220 e. The van der Waals surface area contributed by atoms with E-state index in [1.54, 1.807) is 6.20 Å². The Bertz CT molecular complexity index is 385. The van der Waals surface area contributed by atoms with Crippen molar-refractivity contribution in [2.24, 2.45) is 5.92 Å². The highest BCUT2D eigenvalue weighted by Crippen LogP contribution is 2.27. The maximum atomic E-state index is 11.9. The predicted octanol–water partition coefficient (Wildman–Crippen LogP) is 3.62. The van der Waals surface area contributed by atoms with Crippen LogP contribution in [0.15, 0.2) is 24.4 Å². The zero-order valence-electron chi connectivity index (χ0n) is 11.8. The fourth-order valence-electron chi connectivity index (χ4n) is 2.83. The van der Waals surface area contributed by atoms with Crippen molar-refractivity contribution in [3.63, 3.8) is 0 Å². The van der Waals surface area contributed by atoms with Gasteiger partial charge in [0.2, 0.25) is 5.91 Å². The molecule has 0 spiro atoms. The number of pyridine rings is 1. The summed E-state index contributed by atoms with van der Waals surface area (Å²) < 4.78 is 0. The van der Waals surface area contributed by atoms with Crippen molar-refractivity contribution < 1.29 is 4.79 Å². The first-order valence-electron chi connectivity index (χ1n) is 7.46. The van der Waals surface area contributed by atoms with Gasteiger partial charge in [-0.25, -0.2) is 0 Å². The Morgan fingerprint density at radius 3 is 2.84 bits per heavy atom. The van der Waals surface area contributed by atoms with Crippen molar-refractivity contribution in [2.45, 2.75) is 57.9 Å². The molecule has 1 fully saturated rings. The number of amides is 1. The van der Waals surface area contributed by atoms with Crippen LogP contribution in [-0.4, -0.2) is 10.9 Å². The van der Waals surface area contributed by atoms with Crippen molar-refractivity contribution >= 4 is 5.91 Å². The van der Waals surface area contributed by atoms with E-state index in [0.717, 1.165) is 18.0 Å². The molecule has 0 radical (unpaired) electrons. The molecule has 3 nitrogen and oxygen atoms in total. The number of aromatic nitrogens is 1. The molecular weight excluding hydrogens is 236 g/mol. The van der Waals surface area contributed by atoms with E-state index in [0.29, 0.717) is 6.42 Å². The smallest absolute Gasteiger partial charge is 0.220 e. The number of hydrogen-bond acceptors (Lipinski definition) is 2. The van der Waals surface area contributed by atoms with Gasteiger partial charge in [-0.2, -0.15) is 0 Å². The molecule has 0 saturated heterocycles. The molecule has 1 saturated carbocycles. The van der Waals surface area contributed by atoms with E-state index in [1.165, 1.54) is 32.1 Å². The average molecular weight is 260 g/mol. The van der Waals surface area contributed by atoms with E-state index in [1.807, 2.05) is 25.1 Å². The Labute approximate surface area is 115 Å². The second-order valence-electron chi connectivity index (χ2n) is 5.59. The molecule has 1 aromatic heterocycles. The first kappa shape index (κ1) is 14.0. The van der Waals surface area contributed by atoms with Crippen molar-refractivity contribution in [1.82, 2.24) is 10.3 Å². The van der Waals surface area contributed by atoms with E-state index in [-0.39, 0.29) is 11.9 Å². The lowest BCUT2D eigenvalue weighted by molar-refractivity contribution is -0.122. The molecule has 2 rings (SSSR count). The zero-order chi connectivity index (χ0) is 13.5. The number of carbonyl (C=O) groups excluding carboxylic acids is 1. The maximum absolute atomic E-state index is 11.9. The number of nitrogens with one attached hydrogen (secondary N) is 1. The summed E-state index contributed by atoms with van der Waals surface area (Å²) in [5.41, 5.74) is 0.925. The molecule has 104 valence electrons. The van der Waals surface area contributed by atoms with Gasteiger partial charge in [0.1, 0.15) is 0 Å². The lowest BCUT2D eigenvalue weighted by Crippen LogP contribution is -2.27. The Morgan fingerprint density at radius 1 is 1.37 bits per heavy atom. The Hall–Kier alpha value is -1.38. The van der Waals surface area contributed by atoms with Crippen LogP contribution in [0.3, 0.4) is 0 Å². The third-order valence-corrected chi connectivity index (χ3v) is 4.01. The molecule has 3 heteroatoms. The van der Waals surface area contributed by atoms with Crippen LogP contribution in [0.2, 0.25) is 0 Å². The lowest BCUT2D eigenvalue weighted by Gasteiger charge is -2.21. The van der Waals surface area contributed by atoms with Gasteiger partial charge in [0.15, 0.2) is 0 Å². The average Bonchev–Trinajstić information content (AvgIpc) is 2.47. The minimum absolute atomic E-state index is 0.0000517. The molecule has 1 N–H and O–H groups in total. The number of hydrogen-bond donors (Lipinski definition) is 1. The van der Waals surface area contributed by atoms with Gasteiger partial charge in [-0.1, -0.05) is 38.2 Å². The van der Waals surface area contributed by atoms with Crippen molar-refractivity contribution in [1.29, 1.82) is 0 Å². The summed E-state index contributed by atoms with van der Waals surface area (Å²) in [4.78, 5) is 16.2. The zero-order valence-corrected chi connectivity index (χ0v) is 11.8. The predicted molar refractivity (Wildman–Crippen MR) is 76.6 cm³/mol. The Balaban J connectivity index is 1.71. The van der Waals surface area contributed by atoms with E-state index < -0.39 is 0 Å². The largest absolute Gasteiger partial charge is 0.348 e. The first-order chi connectivity index (χ1) is 9.25. The Kier molecular flexibility index (Phi) is 5.37. The molecule has 1 aliphatic carbocycles. The summed E-state index contributed by atoms with van der Waals surface area (Å²) >= 11 is 0. The van der Waals surface area contributed by atoms with Gasteiger partial charge in [0.25, 0.3) is 0 Å². The summed E-state index contributed by atoms with van der Waals surface area (Å²) in [6.07, 6.45) is 10.1. The van der Waals surface area contributed by atoms with Gasteiger partial charge in [0, 0.05) is 12.6 Å². The highest BCUT2D eigenvalue weighted by molar-refractivity contribution is 5.76. The third-order valence-electron chi connectivity index (χ3n) is 4.01. The highest BCUT2D eigenvalue weighted by atomic mass is 16.1. The summed E-state index contributed by atoms with van der Waals surface area (Å²) in [7, 11) is 0. The highest BCUT2D eigenvalue weighted by Gasteiger charge is 2.16. The summed E-state index contributed by atoms with van der Waals surface area (Å²) in [5, 5.41) is 3.03. The van der Waals surface area contributed by atoms with Crippen LogP contribution in [0.25, 0.3) is 0 Å². The van der Waals surface area contributed by atoms with Gasteiger partial charge >= 0.3 is 0 Å². The van der Waals surface area contributed by atoms with Crippen LogP contribution in [0, 0.1) is 5.92 Å². The second-order valence-corrected chi connectivity index (χ2v) is 5.59. The van der Waals surface area contributed by atoms with E-state index >= 15 is 0 Å². The second kappa shape index (κ2) is 7.27. The van der Waals surface area contributed by atoms with Crippen molar-refractivity contribution in [3.8, 4) is 0 Å². The van der Waals surface area contributed by atoms with Crippen LogP contribution in [0.1, 0.15) is 63.6 Å². The molecule has 1 amide bonds. The molecule has 1 aromatic rings. The molecule has 0 aliphatic heterocycles. The summed E-state index contributed by atoms with van der Waals surface area (Å²) in [6, 6.07) is 5.79. The molecule has 0 aromatic carbocycles. The van der Waals surface area contributed by atoms with Crippen molar-refractivity contribution in [3.05, 3.63) is 30.1 Å². The molecule has 1 atom stereocenters. The molecule has 1 heterocycles. The SMILES string of the molecule is C[C@H](NC(=O)CCC1CCCCC1)c1ccccn1. The standard InChI is InChI=1S/C16H24N2O/c1-13(15-9-5-6-12-17-15)18-16(19)11-10-14-7-3-2-4-8-14/h5-6,9,12-14H,2-4,7-8,10-11H2,1H3,(H,18,19)/t13-/m0/s1. The molecule has 19 heavy (non-hydrogen) atoms. The van der Waals surface area contributed by atoms with Gasteiger partial charge < -0.3 is 5.32 Å². The van der Waals surface area contributed by atoms with Crippen LogP contribution in [0.5, 0.6) is 0 Å². The first-order valence-corrected chi connectivity index (χ1v) is 7.46. The minimum atomic E-state index is 0.0000517. The third kappa shape index (κ3) is 4.66.